The van der Waals surface area contributed by atoms with Crippen molar-refractivity contribution in [3.8, 4) is 0 Å². The Morgan fingerprint density at radius 3 is 2.71 bits per heavy atom. The van der Waals surface area contributed by atoms with Crippen molar-refractivity contribution in [1.82, 2.24) is 5.32 Å². The molecule has 4 nitrogen and oxygen atoms in total. The molecule has 0 saturated heterocycles. The van der Waals surface area contributed by atoms with E-state index < -0.39 is 0 Å². The molecule has 2 N–H and O–H groups in total. The van der Waals surface area contributed by atoms with E-state index in [1.165, 1.54) is 31.4 Å². The van der Waals surface area contributed by atoms with Crippen LogP contribution < -0.4 is 15.5 Å². The molecule has 3 rings (SSSR count). The van der Waals surface area contributed by atoms with Gasteiger partial charge in [-0.25, -0.2) is 0 Å². The lowest BCUT2D eigenvalue weighted by atomic mass is 10.1. The highest BCUT2D eigenvalue weighted by Gasteiger charge is 2.30. The van der Waals surface area contributed by atoms with Gasteiger partial charge in [0.2, 0.25) is 5.91 Å². The second kappa shape index (κ2) is 6.06. The van der Waals surface area contributed by atoms with Crippen molar-refractivity contribution in [2.24, 2.45) is 0 Å². The highest BCUT2D eigenvalue weighted by atomic mass is 16.2. The highest BCUT2D eigenvalue weighted by molar-refractivity contribution is 6.03. The minimum absolute atomic E-state index is 0.0629. The molecule has 2 aliphatic rings. The van der Waals surface area contributed by atoms with Gasteiger partial charge in [-0.1, -0.05) is 25.8 Å². The summed E-state index contributed by atoms with van der Waals surface area (Å²) in [6, 6.07) is 6.89. The lowest BCUT2D eigenvalue weighted by Crippen LogP contribution is -2.32. The first-order chi connectivity index (χ1) is 10.2. The predicted octanol–water partition coefficient (Wildman–Crippen LogP) is 3.06. The van der Waals surface area contributed by atoms with Gasteiger partial charge in [-0.2, -0.15) is 0 Å². The van der Waals surface area contributed by atoms with Crippen LogP contribution >= 0.6 is 0 Å². The fourth-order valence-corrected chi connectivity index (χ4v) is 3.70. The van der Waals surface area contributed by atoms with Crippen LogP contribution in [0.1, 0.15) is 51.1 Å². The predicted molar refractivity (Wildman–Crippen MR) is 86.8 cm³/mol. The van der Waals surface area contributed by atoms with Crippen LogP contribution in [-0.4, -0.2) is 25.0 Å². The minimum atomic E-state index is -0.194. The van der Waals surface area contributed by atoms with Crippen molar-refractivity contribution < 1.29 is 4.79 Å². The number of likely N-dealkylation sites (N-methyl/N-ethyl adjacent to an activating group) is 1. The fraction of sp³-hybridized carbons (Fsp3) is 0.588. The SMILES string of the molecule is CCNC1C(=O)Nc2cc(N(CC)C3CCCC3)ccc21. The van der Waals surface area contributed by atoms with Crippen molar-refractivity contribution in [3.05, 3.63) is 23.8 Å². The molecule has 0 radical (unpaired) electrons. The van der Waals surface area contributed by atoms with Gasteiger partial charge in [0.25, 0.3) is 0 Å². The maximum Gasteiger partial charge on any atom is 0.246 e. The van der Waals surface area contributed by atoms with E-state index in [4.69, 9.17) is 0 Å². The third kappa shape index (κ3) is 2.64. The van der Waals surface area contributed by atoms with Gasteiger partial charge in [-0.15, -0.1) is 0 Å². The van der Waals surface area contributed by atoms with Gasteiger partial charge >= 0.3 is 0 Å². The molecule has 1 aromatic rings. The molecular weight excluding hydrogens is 262 g/mol. The molecule has 0 spiro atoms. The van der Waals surface area contributed by atoms with E-state index in [1.54, 1.807) is 0 Å². The lowest BCUT2D eigenvalue weighted by molar-refractivity contribution is -0.117. The summed E-state index contributed by atoms with van der Waals surface area (Å²) in [5.41, 5.74) is 3.29. The zero-order chi connectivity index (χ0) is 14.8. The molecule has 0 aromatic heterocycles. The summed E-state index contributed by atoms with van der Waals surface area (Å²) < 4.78 is 0. The van der Waals surface area contributed by atoms with Crippen LogP contribution in [0.3, 0.4) is 0 Å². The summed E-state index contributed by atoms with van der Waals surface area (Å²) in [4.78, 5) is 14.5. The van der Waals surface area contributed by atoms with Crippen LogP contribution in [-0.2, 0) is 4.79 Å². The summed E-state index contributed by atoms with van der Waals surface area (Å²) in [7, 11) is 0. The molecule has 114 valence electrons. The van der Waals surface area contributed by atoms with E-state index in [-0.39, 0.29) is 11.9 Å². The maximum atomic E-state index is 12.0. The average Bonchev–Trinajstić information content (AvgIpc) is 3.09. The van der Waals surface area contributed by atoms with Crippen molar-refractivity contribution >= 4 is 17.3 Å². The van der Waals surface area contributed by atoms with Gasteiger partial charge in [0.15, 0.2) is 0 Å². The van der Waals surface area contributed by atoms with Crippen molar-refractivity contribution in [2.45, 2.75) is 51.6 Å². The Morgan fingerprint density at radius 2 is 2.05 bits per heavy atom. The third-order valence-electron chi connectivity index (χ3n) is 4.71. The Bertz CT molecular complexity index is 523. The van der Waals surface area contributed by atoms with E-state index in [9.17, 15) is 4.79 Å². The van der Waals surface area contributed by atoms with Gasteiger partial charge in [0.05, 0.1) is 0 Å². The monoisotopic (exact) mass is 287 g/mol. The molecule has 0 bridgehead atoms. The van der Waals surface area contributed by atoms with Gasteiger partial charge in [0, 0.05) is 29.5 Å². The number of fused-ring (bicyclic) bond motifs is 1. The number of amides is 1. The van der Waals surface area contributed by atoms with Crippen molar-refractivity contribution in [3.63, 3.8) is 0 Å². The summed E-state index contributed by atoms with van der Waals surface area (Å²) in [6.07, 6.45) is 5.26. The normalized spacial score (nSPS) is 21.4. The molecule has 1 aliphatic carbocycles. The van der Waals surface area contributed by atoms with Crippen molar-refractivity contribution in [2.75, 3.05) is 23.3 Å². The molecule has 21 heavy (non-hydrogen) atoms. The molecule has 1 unspecified atom stereocenters. The lowest BCUT2D eigenvalue weighted by Gasteiger charge is -2.30. The van der Waals surface area contributed by atoms with E-state index >= 15 is 0 Å². The molecule has 1 atom stereocenters. The molecule has 1 amide bonds. The second-order valence-electron chi connectivity index (χ2n) is 5.98. The second-order valence-corrected chi connectivity index (χ2v) is 5.98. The number of carbonyl (C=O) groups excluding carboxylic acids is 1. The standard InChI is InChI=1S/C17H25N3O/c1-3-18-16-14-10-9-13(11-15(14)19-17(16)21)20(4-2)12-7-5-6-8-12/h9-12,16,18H,3-8H2,1-2H3,(H,19,21). The Labute approximate surface area is 126 Å². The summed E-state index contributed by atoms with van der Waals surface area (Å²) >= 11 is 0. The van der Waals surface area contributed by atoms with Crippen LogP contribution in [0, 0.1) is 0 Å². The van der Waals surface area contributed by atoms with E-state index in [0.29, 0.717) is 6.04 Å². The average molecular weight is 287 g/mol. The van der Waals surface area contributed by atoms with Crippen LogP contribution in [0.2, 0.25) is 0 Å². The number of nitrogens with zero attached hydrogens (tertiary/aromatic N) is 1. The molecule has 4 heteroatoms. The molecule has 1 saturated carbocycles. The van der Waals surface area contributed by atoms with Gasteiger partial charge in [-0.05, 0) is 38.4 Å². The highest BCUT2D eigenvalue weighted by Crippen LogP contribution is 2.36. The van der Waals surface area contributed by atoms with E-state index in [0.717, 1.165) is 24.3 Å². The van der Waals surface area contributed by atoms with Crippen LogP contribution in [0.5, 0.6) is 0 Å². The number of hydrogen-bond donors (Lipinski definition) is 2. The summed E-state index contributed by atoms with van der Waals surface area (Å²) in [5, 5.41) is 6.26. The number of anilines is 2. The zero-order valence-electron chi connectivity index (χ0n) is 13.0. The molecular formula is C17H25N3O. The maximum absolute atomic E-state index is 12.0. The Hall–Kier alpha value is -1.55. The number of benzene rings is 1. The largest absolute Gasteiger partial charge is 0.369 e. The van der Waals surface area contributed by atoms with Crippen LogP contribution in [0.4, 0.5) is 11.4 Å². The quantitative estimate of drug-likeness (QED) is 0.875. The number of nitrogens with one attached hydrogen (secondary N) is 2. The van der Waals surface area contributed by atoms with Crippen LogP contribution in [0.25, 0.3) is 0 Å². The first kappa shape index (κ1) is 14.4. The zero-order valence-corrected chi connectivity index (χ0v) is 13.0. The molecule has 1 aromatic carbocycles. The van der Waals surface area contributed by atoms with Gasteiger partial charge < -0.3 is 15.5 Å². The van der Waals surface area contributed by atoms with Gasteiger partial charge in [0.1, 0.15) is 6.04 Å². The topological polar surface area (TPSA) is 44.4 Å². The first-order valence-corrected chi connectivity index (χ1v) is 8.19. The van der Waals surface area contributed by atoms with Crippen molar-refractivity contribution in [1.29, 1.82) is 0 Å². The third-order valence-corrected chi connectivity index (χ3v) is 4.71. The summed E-state index contributed by atoms with van der Waals surface area (Å²) in [6.45, 7) is 6.06. The first-order valence-electron chi connectivity index (χ1n) is 8.19. The smallest absolute Gasteiger partial charge is 0.246 e. The molecule has 1 fully saturated rings. The Balaban J connectivity index is 1.86. The minimum Gasteiger partial charge on any atom is -0.369 e. The summed E-state index contributed by atoms with van der Waals surface area (Å²) in [5.74, 6) is 0.0629. The fourth-order valence-electron chi connectivity index (χ4n) is 3.70. The van der Waals surface area contributed by atoms with Gasteiger partial charge in [-0.3, -0.25) is 4.79 Å². The molecule has 1 heterocycles. The number of hydrogen-bond acceptors (Lipinski definition) is 3. The number of rotatable bonds is 5. The van der Waals surface area contributed by atoms with E-state index in [2.05, 4.69) is 40.7 Å². The van der Waals surface area contributed by atoms with E-state index in [1.807, 2.05) is 6.92 Å². The molecule has 1 aliphatic heterocycles. The Kier molecular flexibility index (Phi) is 4.15. The van der Waals surface area contributed by atoms with Crippen LogP contribution in [0.15, 0.2) is 18.2 Å². The Morgan fingerprint density at radius 1 is 1.29 bits per heavy atom. The number of carbonyl (C=O) groups is 1.